The minimum atomic E-state index is -0.355. The summed E-state index contributed by atoms with van der Waals surface area (Å²) in [6.45, 7) is 0. The molecule has 0 radical (unpaired) electrons. The summed E-state index contributed by atoms with van der Waals surface area (Å²) in [5, 5.41) is 20.9. The number of hydrogen-bond donors (Lipinski definition) is 2. The molecule has 0 saturated carbocycles. The average Bonchev–Trinajstić information content (AvgIpc) is 2.36. The van der Waals surface area contributed by atoms with Gasteiger partial charge in [0.25, 0.3) is 0 Å². The molecule has 4 heteroatoms. The molecular formula is C7H8N2OS. The summed E-state index contributed by atoms with van der Waals surface area (Å²) >= 11 is 1.38. The molecule has 0 aliphatic carbocycles. The van der Waals surface area contributed by atoms with Gasteiger partial charge in [-0.3, -0.25) is 0 Å². The van der Waals surface area contributed by atoms with Gasteiger partial charge >= 0.3 is 0 Å². The Bertz CT molecular complexity index is 276. The molecule has 0 fully saturated rings. The lowest BCUT2D eigenvalue weighted by Gasteiger charge is -2.03. The largest absolute Gasteiger partial charge is 0.507 e. The van der Waals surface area contributed by atoms with Crippen LogP contribution < -0.4 is 5.73 Å². The molecule has 0 amide bonds. The van der Waals surface area contributed by atoms with Crippen molar-refractivity contribution in [3.8, 4) is 11.8 Å². The highest BCUT2D eigenvalue weighted by Crippen LogP contribution is 2.27. The predicted molar refractivity (Wildman–Crippen MR) is 43.1 cm³/mol. The summed E-state index contributed by atoms with van der Waals surface area (Å²) < 4.78 is 0. The third-order valence-corrected chi connectivity index (χ3v) is 2.13. The van der Waals surface area contributed by atoms with Gasteiger partial charge in [0.1, 0.15) is 5.75 Å². The number of hydrogen-bond acceptors (Lipinski definition) is 4. The maximum absolute atomic E-state index is 9.17. The molecule has 0 aliphatic rings. The smallest absolute Gasteiger partial charge is 0.131 e. The van der Waals surface area contributed by atoms with Crippen molar-refractivity contribution in [3.05, 3.63) is 16.3 Å². The van der Waals surface area contributed by atoms with Gasteiger partial charge in [-0.2, -0.15) is 5.26 Å². The highest BCUT2D eigenvalue weighted by atomic mass is 32.1. The van der Waals surface area contributed by atoms with Crippen LogP contribution >= 0.6 is 11.3 Å². The number of nitriles is 1. The molecule has 3 N–H and O–H groups in total. The molecule has 0 bridgehead atoms. The van der Waals surface area contributed by atoms with Gasteiger partial charge < -0.3 is 10.8 Å². The summed E-state index contributed by atoms with van der Waals surface area (Å²) in [6.07, 6.45) is 0.240. The van der Waals surface area contributed by atoms with Gasteiger partial charge in [-0.15, -0.1) is 11.3 Å². The Morgan fingerprint density at radius 1 is 1.73 bits per heavy atom. The quantitative estimate of drug-likeness (QED) is 0.700. The summed E-state index contributed by atoms with van der Waals surface area (Å²) in [5.74, 6) is 0.192. The molecule has 11 heavy (non-hydrogen) atoms. The van der Waals surface area contributed by atoms with Crippen molar-refractivity contribution in [1.82, 2.24) is 0 Å². The van der Waals surface area contributed by atoms with Gasteiger partial charge in [0, 0.05) is 17.0 Å². The lowest BCUT2D eigenvalue weighted by atomic mass is 10.1. The number of nitrogens with zero attached hydrogens (tertiary/aromatic N) is 1. The Morgan fingerprint density at radius 2 is 2.45 bits per heavy atom. The maximum atomic E-state index is 9.17. The van der Waals surface area contributed by atoms with Crippen molar-refractivity contribution in [3.63, 3.8) is 0 Å². The monoisotopic (exact) mass is 168 g/mol. The average molecular weight is 168 g/mol. The van der Waals surface area contributed by atoms with Gasteiger partial charge in [0.2, 0.25) is 0 Å². The van der Waals surface area contributed by atoms with Crippen LogP contribution in [0.5, 0.6) is 5.75 Å². The molecule has 0 aromatic carbocycles. The standard InChI is InChI=1S/C7H8N2OS/c8-2-1-6(9)5-3-11-4-7(5)10/h3-4,6,10H,1,9H2/t6-/m0/s1. The lowest BCUT2D eigenvalue weighted by Crippen LogP contribution is -2.07. The number of aromatic hydroxyl groups is 1. The van der Waals surface area contributed by atoms with Crippen LogP contribution in [-0.4, -0.2) is 5.11 Å². The van der Waals surface area contributed by atoms with E-state index in [2.05, 4.69) is 0 Å². The fourth-order valence-electron chi connectivity index (χ4n) is 0.786. The van der Waals surface area contributed by atoms with Crippen LogP contribution in [0.3, 0.4) is 0 Å². The van der Waals surface area contributed by atoms with E-state index in [9.17, 15) is 0 Å². The second-order valence-corrected chi connectivity index (χ2v) is 2.92. The Morgan fingerprint density at radius 3 is 2.91 bits per heavy atom. The molecule has 58 valence electrons. The minimum Gasteiger partial charge on any atom is -0.507 e. The Hall–Kier alpha value is -1.05. The second kappa shape index (κ2) is 3.37. The van der Waals surface area contributed by atoms with E-state index in [0.717, 1.165) is 0 Å². The SMILES string of the molecule is N#CC[C@H](N)c1cscc1O. The van der Waals surface area contributed by atoms with Crippen LogP contribution in [0.1, 0.15) is 18.0 Å². The van der Waals surface area contributed by atoms with Crippen LogP contribution in [0.2, 0.25) is 0 Å². The highest BCUT2D eigenvalue weighted by Gasteiger charge is 2.10. The number of thiophene rings is 1. The van der Waals surface area contributed by atoms with E-state index in [4.69, 9.17) is 16.1 Å². The first-order chi connectivity index (χ1) is 5.25. The van der Waals surface area contributed by atoms with E-state index in [-0.39, 0.29) is 18.2 Å². The third kappa shape index (κ3) is 1.70. The van der Waals surface area contributed by atoms with Crippen molar-refractivity contribution in [1.29, 1.82) is 5.26 Å². The van der Waals surface area contributed by atoms with Crippen molar-refractivity contribution >= 4 is 11.3 Å². The fourth-order valence-corrected chi connectivity index (χ4v) is 1.56. The topological polar surface area (TPSA) is 70.0 Å². The van der Waals surface area contributed by atoms with Crippen molar-refractivity contribution in [2.45, 2.75) is 12.5 Å². The molecule has 1 aromatic rings. The zero-order valence-electron chi connectivity index (χ0n) is 5.82. The highest BCUT2D eigenvalue weighted by molar-refractivity contribution is 7.08. The minimum absolute atomic E-state index is 0.192. The van der Waals surface area contributed by atoms with Crippen LogP contribution in [-0.2, 0) is 0 Å². The first-order valence-corrected chi connectivity index (χ1v) is 4.07. The molecule has 1 aromatic heterocycles. The number of nitrogens with two attached hydrogens (primary N) is 1. The van der Waals surface area contributed by atoms with Crippen LogP contribution in [0.15, 0.2) is 10.8 Å². The third-order valence-electron chi connectivity index (χ3n) is 1.38. The summed E-state index contributed by atoms with van der Waals surface area (Å²) in [5.41, 5.74) is 6.24. The van der Waals surface area contributed by atoms with E-state index in [1.165, 1.54) is 11.3 Å². The molecular weight excluding hydrogens is 160 g/mol. The van der Waals surface area contributed by atoms with E-state index >= 15 is 0 Å². The van der Waals surface area contributed by atoms with Gasteiger partial charge in [0.15, 0.2) is 0 Å². The summed E-state index contributed by atoms with van der Waals surface area (Å²) in [7, 11) is 0. The van der Waals surface area contributed by atoms with E-state index < -0.39 is 0 Å². The Kier molecular flexibility index (Phi) is 2.47. The fraction of sp³-hybridized carbons (Fsp3) is 0.286. The van der Waals surface area contributed by atoms with Crippen LogP contribution in [0, 0.1) is 11.3 Å². The van der Waals surface area contributed by atoms with E-state index in [1.807, 2.05) is 6.07 Å². The molecule has 3 nitrogen and oxygen atoms in total. The summed E-state index contributed by atoms with van der Waals surface area (Å²) in [4.78, 5) is 0. The van der Waals surface area contributed by atoms with Crippen molar-refractivity contribution in [2.24, 2.45) is 5.73 Å². The van der Waals surface area contributed by atoms with E-state index in [0.29, 0.717) is 5.56 Å². The van der Waals surface area contributed by atoms with Crippen molar-refractivity contribution < 1.29 is 5.11 Å². The predicted octanol–water partition coefficient (Wildman–Crippen LogP) is 1.37. The Labute approximate surface area is 68.7 Å². The van der Waals surface area contributed by atoms with E-state index in [1.54, 1.807) is 10.8 Å². The number of rotatable bonds is 2. The summed E-state index contributed by atoms with van der Waals surface area (Å²) in [6, 6.07) is 1.60. The zero-order valence-corrected chi connectivity index (χ0v) is 6.64. The Balaban J connectivity index is 2.77. The zero-order chi connectivity index (χ0) is 8.27. The first-order valence-electron chi connectivity index (χ1n) is 3.13. The first kappa shape index (κ1) is 8.05. The van der Waals surface area contributed by atoms with Gasteiger partial charge in [-0.25, -0.2) is 0 Å². The normalized spacial score (nSPS) is 12.4. The van der Waals surface area contributed by atoms with Crippen LogP contribution in [0.4, 0.5) is 0 Å². The maximum Gasteiger partial charge on any atom is 0.131 e. The van der Waals surface area contributed by atoms with Gasteiger partial charge in [0.05, 0.1) is 12.5 Å². The molecule has 1 heterocycles. The van der Waals surface area contributed by atoms with Gasteiger partial charge in [-0.05, 0) is 5.38 Å². The lowest BCUT2D eigenvalue weighted by molar-refractivity contribution is 0.465. The van der Waals surface area contributed by atoms with Gasteiger partial charge in [-0.1, -0.05) is 0 Å². The molecule has 1 rings (SSSR count). The molecule has 1 atom stereocenters. The molecule has 0 aliphatic heterocycles. The molecule has 0 saturated heterocycles. The molecule has 0 unspecified atom stereocenters. The second-order valence-electron chi connectivity index (χ2n) is 2.18. The van der Waals surface area contributed by atoms with Crippen molar-refractivity contribution in [2.75, 3.05) is 0 Å². The van der Waals surface area contributed by atoms with Crippen LogP contribution in [0.25, 0.3) is 0 Å². The molecule has 0 spiro atoms.